The maximum atomic E-state index is 12.6. The van der Waals surface area contributed by atoms with E-state index in [4.69, 9.17) is 5.11 Å². The highest BCUT2D eigenvalue weighted by atomic mass is 16.4. The van der Waals surface area contributed by atoms with Gasteiger partial charge in [0.1, 0.15) is 5.82 Å². The van der Waals surface area contributed by atoms with E-state index < -0.39 is 5.97 Å². The normalized spacial score (nSPS) is 14.1. The molecule has 2 N–H and O–H groups in total. The fourth-order valence-corrected chi connectivity index (χ4v) is 3.16. The number of nitrogens with zero attached hydrogens (tertiary/aromatic N) is 2. The fraction of sp³-hybridized carbons (Fsp3) is 0.350. The molecule has 2 heterocycles. The minimum atomic E-state index is -0.938. The molecule has 0 unspecified atom stereocenters. The lowest BCUT2D eigenvalue weighted by Crippen LogP contribution is -2.34. The summed E-state index contributed by atoms with van der Waals surface area (Å²) in [7, 11) is 0. The van der Waals surface area contributed by atoms with Crippen LogP contribution in [0.15, 0.2) is 42.6 Å². The average molecular weight is 353 g/mol. The van der Waals surface area contributed by atoms with Gasteiger partial charge in [0, 0.05) is 25.8 Å². The Morgan fingerprint density at radius 2 is 1.81 bits per heavy atom. The molecule has 1 fully saturated rings. The average Bonchev–Trinajstić information content (AvgIpc) is 2.69. The minimum Gasteiger partial charge on any atom is -0.478 e. The third-order valence-corrected chi connectivity index (χ3v) is 4.59. The van der Waals surface area contributed by atoms with Gasteiger partial charge in [0.2, 0.25) is 0 Å². The third kappa shape index (κ3) is 4.39. The Bertz CT molecular complexity index is 768. The summed E-state index contributed by atoms with van der Waals surface area (Å²) in [5, 5.41) is 11.9. The van der Waals surface area contributed by atoms with Crippen molar-refractivity contribution in [3.8, 4) is 0 Å². The van der Waals surface area contributed by atoms with E-state index in [0.717, 1.165) is 37.3 Å². The topological polar surface area (TPSA) is 82.5 Å². The van der Waals surface area contributed by atoms with Crippen LogP contribution in [0.3, 0.4) is 0 Å². The zero-order valence-corrected chi connectivity index (χ0v) is 14.6. The second kappa shape index (κ2) is 8.47. The summed E-state index contributed by atoms with van der Waals surface area (Å²) < 4.78 is 0. The first-order chi connectivity index (χ1) is 12.6. The molecule has 6 heteroatoms. The maximum absolute atomic E-state index is 12.6. The summed E-state index contributed by atoms with van der Waals surface area (Å²) in [6.45, 7) is 2.36. The number of rotatable bonds is 6. The summed E-state index contributed by atoms with van der Waals surface area (Å²) in [5.41, 5.74) is 1.85. The van der Waals surface area contributed by atoms with Gasteiger partial charge in [-0.15, -0.1) is 0 Å². The van der Waals surface area contributed by atoms with Crippen molar-refractivity contribution in [3.63, 3.8) is 0 Å². The molecule has 1 aromatic heterocycles. The zero-order valence-electron chi connectivity index (χ0n) is 14.6. The molecule has 0 saturated carbocycles. The van der Waals surface area contributed by atoms with E-state index in [1.807, 2.05) is 6.07 Å². The van der Waals surface area contributed by atoms with Crippen LogP contribution in [0.4, 0.5) is 5.82 Å². The Morgan fingerprint density at radius 1 is 1.08 bits per heavy atom. The summed E-state index contributed by atoms with van der Waals surface area (Å²) in [6, 6.07) is 10.3. The molecule has 0 spiro atoms. The Morgan fingerprint density at radius 3 is 2.50 bits per heavy atom. The Labute approximate surface area is 152 Å². The van der Waals surface area contributed by atoms with Crippen LogP contribution in [0.2, 0.25) is 0 Å². The quantitative estimate of drug-likeness (QED) is 0.834. The van der Waals surface area contributed by atoms with Gasteiger partial charge in [-0.3, -0.25) is 4.79 Å². The number of carbonyl (C=O) groups is 2. The van der Waals surface area contributed by atoms with Crippen LogP contribution in [0.5, 0.6) is 0 Å². The van der Waals surface area contributed by atoms with E-state index >= 15 is 0 Å². The van der Waals surface area contributed by atoms with Crippen molar-refractivity contribution in [2.45, 2.75) is 25.7 Å². The van der Waals surface area contributed by atoms with Gasteiger partial charge in [-0.1, -0.05) is 12.1 Å². The second-order valence-corrected chi connectivity index (χ2v) is 6.43. The van der Waals surface area contributed by atoms with Crippen molar-refractivity contribution in [1.29, 1.82) is 0 Å². The lowest BCUT2D eigenvalue weighted by molar-refractivity contribution is 0.0696. The highest BCUT2D eigenvalue weighted by Crippen LogP contribution is 2.21. The van der Waals surface area contributed by atoms with E-state index in [-0.39, 0.29) is 11.5 Å². The van der Waals surface area contributed by atoms with Gasteiger partial charge in [-0.05, 0) is 55.5 Å². The molecule has 1 aliphatic heterocycles. The van der Waals surface area contributed by atoms with E-state index in [2.05, 4.69) is 15.2 Å². The number of pyridine rings is 1. The first-order valence-corrected chi connectivity index (χ1v) is 8.95. The molecule has 0 aliphatic carbocycles. The van der Waals surface area contributed by atoms with Crippen LogP contribution < -0.4 is 10.2 Å². The number of hydrogen-bond acceptors (Lipinski definition) is 4. The molecule has 1 amide bonds. The third-order valence-electron chi connectivity index (χ3n) is 4.59. The second-order valence-electron chi connectivity index (χ2n) is 6.43. The first kappa shape index (κ1) is 17.9. The van der Waals surface area contributed by atoms with Gasteiger partial charge in [-0.2, -0.15) is 0 Å². The molecular weight excluding hydrogens is 330 g/mol. The van der Waals surface area contributed by atoms with Gasteiger partial charge in [0.05, 0.1) is 11.1 Å². The molecule has 0 radical (unpaired) electrons. The van der Waals surface area contributed by atoms with Crippen LogP contribution in [0, 0.1) is 0 Å². The Balaban J connectivity index is 1.59. The monoisotopic (exact) mass is 353 g/mol. The summed E-state index contributed by atoms with van der Waals surface area (Å²) in [4.78, 5) is 30.1. The Hall–Kier alpha value is -2.89. The van der Waals surface area contributed by atoms with Crippen molar-refractivity contribution >= 4 is 17.7 Å². The predicted molar refractivity (Wildman–Crippen MR) is 99.7 cm³/mol. The number of aromatic carboxylic acids is 1. The summed E-state index contributed by atoms with van der Waals surface area (Å²) >= 11 is 0. The number of carbonyl (C=O) groups excluding carboxylic acids is 1. The van der Waals surface area contributed by atoms with Crippen molar-refractivity contribution < 1.29 is 14.7 Å². The number of carboxylic acids is 1. The standard InChI is InChI=1S/C20H23N3O3/c24-19(22-12-10-15-6-8-16(9-7-15)20(25)26)17-5-4-11-21-18(17)23-13-2-1-3-14-23/h4-9,11H,1-3,10,12-14H2,(H,22,24)(H,25,26). The van der Waals surface area contributed by atoms with Crippen LogP contribution in [-0.2, 0) is 6.42 Å². The van der Waals surface area contributed by atoms with E-state index in [1.54, 1.807) is 36.5 Å². The minimum absolute atomic E-state index is 0.124. The molecule has 1 aliphatic rings. The first-order valence-electron chi connectivity index (χ1n) is 8.95. The van der Waals surface area contributed by atoms with Gasteiger partial charge < -0.3 is 15.3 Å². The molecule has 0 atom stereocenters. The lowest BCUT2D eigenvalue weighted by Gasteiger charge is -2.29. The number of piperidine rings is 1. The predicted octanol–water partition coefficient (Wildman–Crippen LogP) is 2.74. The highest BCUT2D eigenvalue weighted by molar-refractivity contribution is 5.98. The molecule has 1 saturated heterocycles. The fourth-order valence-electron chi connectivity index (χ4n) is 3.16. The highest BCUT2D eigenvalue weighted by Gasteiger charge is 2.19. The summed E-state index contributed by atoms with van der Waals surface area (Å²) in [6.07, 6.45) is 5.86. The van der Waals surface area contributed by atoms with Crippen molar-refractivity contribution in [2.24, 2.45) is 0 Å². The van der Waals surface area contributed by atoms with Crippen molar-refractivity contribution in [3.05, 3.63) is 59.3 Å². The number of benzene rings is 1. The maximum Gasteiger partial charge on any atom is 0.335 e. The number of hydrogen-bond donors (Lipinski definition) is 2. The van der Waals surface area contributed by atoms with Gasteiger partial charge in [0.15, 0.2) is 0 Å². The molecule has 0 bridgehead atoms. The number of aromatic nitrogens is 1. The number of nitrogens with one attached hydrogen (secondary N) is 1. The SMILES string of the molecule is O=C(O)c1ccc(CCNC(=O)c2cccnc2N2CCCCC2)cc1. The van der Waals surface area contributed by atoms with E-state index in [1.165, 1.54) is 6.42 Å². The number of amides is 1. The van der Waals surface area contributed by atoms with Crippen molar-refractivity contribution in [2.75, 3.05) is 24.5 Å². The van der Waals surface area contributed by atoms with E-state index in [9.17, 15) is 9.59 Å². The van der Waals surface area contributed by atoms with E-state index in [0.29, 0.717) is 18.5 Å². The van der Waals surface area contributed by atoms with Crippen LogP contribution in [0.25, 0.3) is 0 Å². The Kier molecular flexibility index (Phi) is 5.84. The van der Waals surface area contributed by atoms with Crippen LogP contribution in [0.1, 0.15) is 45.5 Å². The number of carboxylic acid groups (broad SMARTS) is 1. The number of anilines is 1. The van der Waals surface area contributed by atoms with Gasteiger partial charge >= 0.3 is 5.97 Å². The van der Waals surface area contributed by atoms with Crippen molar-refractivity contribution in [1.82, 2.24) is 10.3 Å². The molecule has 2 aromatic rings. The van der Waals surface area contributed by atoms with Crippen LogP contribution in [-0.4, -0.2) is 41.6 Å². The van der Waals surface area contributed by atoms with Gasteiger partial charge in [0.25, 0.3) is 5.91 Å². The van der Waals surface area contributed by atoms with Crippen LogP contribution >= 0.6 is 0 Å². The molecule has 1 aromatic carbocycles. The summed E-state index contributed by atoms with van der Waals surface area (Å²) in [5.74, 6) is -0.303. The van der Waals surface area contributed by atoms with Gasteiger partial charge in [-0.25, -0.2) is 9.78 Å². The zero-order chi connectivity index (χ0) is 18.4. The molecule has 136 valence electrons. The lowest BCUT2D eigenvalue weighted by atomic mass is 10.1. The molecular formula is C20H23N3O3. The smallest absolute Gasteiger partial charge is 0.335 e. The molecule has 3 rings (SSSR count). The largest absolute Gasteiger partial charge is 0.478 e. The molecule has 26 heavy (non-hydrogen) atoms. The molecule has 6 nitrogen and oxygen atoms in total.